The normalized spacial score (nSPS) is 10.7. The molecule has 0 fully saturated rings. The quantitative estimate of drug-likeness (QED) is 0.316. The van der Waals surface area contributed by atoms with Gasteiger partial charge in [0.05, 0.1) is 13.9 Å². The van der Waals surface area contributed by atoms with E-state index in [-0.39, 0.29) is 11.4 Å². The number of nitrogens with one attached hydrogen (secondary N) is 1. The number of rotatable bonds is 4. The topological polar surface area (TPSA) is 92.5 Å². The van der Waals surface area contributed by atoms with Crippen molar-refractivity contribution in [2.75, 3.05) is 5.32 Å². The van der Waals surface area contributed by atoms with E-state index >= 15 is 0 Å². The van der Waals surface area contributed by atoms with E-state index in [9.17, 15) is 20.0 Å². The zero-order valence-electron chi connectivity index (χ0n) is 11.5. The first kappa shape index (κ1) is 17.2. The first-order valence-corrected chi connectivity index (χ1v) is 7.87. The van der Waals surface area contributed by atoms with Crippen LogP contribution in [0.25, 0.3) is 6.08 Å². The zero-order chi connectivity index (χ0) is 17.0. The van der Waals surface area contributed by atoms with Crippen molar-refractivity contribution < 1.29 is 14.8 Å². The van der Waals surface area contributed by atoms with Gasteiger partial charge in [0.25, 0.3) is 5.69 Å². The van der Waals surface area contributed by atoms with Gasteiger partial charge in [0.1, 0.15) is 5.75 Å². The third-order valence-corrected chi connectivity index (χ3v) is 4.00. The van der Waals surface area contributed by atoms with E-state index < -0.39 is 10.8 Å². The Kier molecular flexibility index (Phi) is 5.51. The van der Waals surface area contributed by atoms with Crippen molar-refractivity contribution in [3.63, 3.8) is 0 Å². The van der Waals surface area contributed by atoms with Crippen LogP contribution in [0.4, 0.5) is 11.4 Å². The molecule has 2 aromatic rings. The maximum Gasteiger partial charge on any atom is 0.270 e. The van der Waals surface area contributed by atoms with E-state index in [1.54, 1.807) is 24.3 Å². The molecule has 0 spiro atoms. The Morgan fingerprint density at radius 2 is 1.87 bits per heavy atom. The van der Waals surface area contributed by atoms with Crippen molar-refractivity contribution >= 4 is 55.2 Å². The molecule has 0 unspecified atom stereocenters. The summed E-state index contributed by atoms with van der Waals surface area (Å²) in [4.78, 5) is 22.1. The van der Waals surface area contributed by atoms with Gasteiger partial charge >= 0.3 is 0 Å². The number of halogens is 2. The summed E-state index contributed by atoms with van der Waals surface area (Å²) < 4.78 is 0.870. The van der Waals surface area contributed by atoms with Crippen molar-refractivity contribution in [3.8, 4) is 5.75 Å². The van der Waals surface area contributed by atoms with Gasteiger partial charge in [-0.25, -0.2) is 0 Å². The fourth-order valence-electron chi connectivity index (χ4n) is 1.74. The van der Waals surface area contributed by atoms with E-state index in [1.807, 2.05) is 0 Å². The summed E-state index contributed by atoms with van der Waals surface area (Å²) in [6.07, 6.45) is 2.75. The monoisotopic (exact) mass is 440 g/mol. The minimum atomic E-state index is -0.497. The van der Waals surface area contributed by atoms with Gasteiger partial charge in [-0.3, -0.25) is 14.9 Å². The van der Waals surface area contributed by atoms with Crippen molar-refractivity contribution in [2.45, 2.75) is 0 Å². The van der Waals surface area contributed by atoms with Gasteiger partial charge < -0.3 is 10.4 Å². The van der Waals surface area contributed by atoms with Crippen molar-refractivity contribution in [3.05, 3.63) is 67.1 Å². The van der Waals surface area contributed by atoms with Crippen LogP contribution < -0.4 is 5.32 Å². The molecular formula is C15H10Br2N2O4. The molecule has 2 aromatic carbocycles. The second-order valence-corrected chi connectivity index (χ2v) is 6.17. The molecule has 0 aliphatic carbocycles. The van der Waals surface area contributed by atoms with Crippen LogP contribution in [0.5, 0.6) is 5.75 Å². The van der Waals surface area contributed by atoms with Crippen LogP contribution in [0, 0.1) is 10.1 Å². The largest absolute Gasteiger partial charge is 0.506 e. The van der Waals surface area contributed by atoms with E-state index in [0.717, 1.165) is 0 Å². The second-order valence-electron chi connectivity index (χ2n) is 4.46. The highest BCUT2D eigenvalue weighted by molar-refractivity contribution is 9.11. The number of nitro groups is 1. The summed E-state index contributed by atoms with van der Waals surface area (Å²) in [5, 5.41) is 22.9. The number of amides is 1. The van der Waals surface area contributed by atoms with E-state index in [4.69, 9.17) is 0 Å². The molecule has 0 saturated carbocycles. The average Bonchev–Trinajstić information content (AvgIpc) is 2.51. The maximum absolute atomic E-state index is 11.9. The Labute approximate surface area is 148 Å². The van der Waals surface area contributed by atoms with Crippen molar-refractivity contribution in [1.29, 1.82) is 0 Å². The Morgan fingerprint density at radius 3 is 2.48 bits per heavy atom. The van der Waals surface area contributed by atoms with Crippen LogP contribution in [-0.4, -0.2) is 15.9 Å². The summed E-state index contributed by atoms with van der Waals surface area (Å²) in [5.74, 6) is -0.365. The number of nitro benzene ring substituents is 1. The lowest BCUT2D eigenvalue weighted by molar-refractivity contribution is -0.384. The summed E-state index contributed by atoms with van der Waals surface area (Å²) in [6.45, 7) is 0. The third-order valence-electron chi connectivity index (χ3n) is 2.79. The average molecular weight is 442 g/mol. The highest BCUT2D eigenvalue weighted by Gasteiger charge is 2.08. The Bertz CT molecular complexity index is 783. The van der Waals surface area contributed by atoms with Gasteiger partial charge in [-0.15, -0.1) is 0 Å². The SMILES string of the molecule is O=C(/C=C/c1cccc([N+](=O)[O-])c1)Nc1cc(Br)c(O)c(Br)c1. The van der Waals surface area contributed by atoms with Gasteiger partial charge in [0.2, 0.25) is 5.91 Å². The minimum absolute atomic E-state index is 0.0372. The number of benzene rings is 2. The number of carbonyl (C=O) groups is 1. The highest BCUT2D eigenvalue weighted by atomic mass is 79.9. The Hall–Kier alpha value is -2.19. The maximum atomic E-state index is 11.9. The number of non-ortho nitro benzene ring substituents is 1. The lowest BCUT2D eigenvalue weighted by Gasteiger charge is -2.06. The molecule has 23 heavy (non-hydrogen) atoms. The van der Waals surface area contributed by atoms with Crippen LogP contribution in [0.1, 0.15) is 5.56 Å². The first-order valence-electron chi connectivity index (χ1n) is 6.28. The molecule has 0 saturated heterocycles. The summed E-state index contributed by atoms with van der Waals surface area (Å²) >= 11 is 6.34. The number of hydrogen-bond acceptors (Lipinski definition) is 4. The predicted molar refractivity (Wildman–Crippen MR) is 94.3 cm³/mol. The smallest absolute Gasteiger partial charge is 0.270 e. The highest BCUT2D eigenvalue weighted by Crippen LogP contribution is 2.35. The van der Waals surface area contributed by atoms with E-state index in [2.05, 4.69) is 37.2 Å². The molecule has 2 N–H and O–H groups in total. The van der Waals surface area contributed by atoms with Gasteiger partial charge in [-0.05, 0) is 55.6 Å². The number of aromatic hydroxyl groups is 1. The molecule has 2 rings (SSSR count). The molecule has 0 atom stereocenters. The molecule has 0 bridgehead atoms. The number of phenolic OH excluding ortho intramolecular Hbond substituents is 1. The van der Waals surface area contributed by atoms with Gasteiger partial charge in [-0.1, -0.05) is 12.1 Å². The molecule has 118 valence electrons. The van der Waals surface area contributed by atoms with Crippen molar-refractivity contribution in [1.82, 2.24) is 0 Å². The van der Waals surface area contributed by atoms with E-state index in [1.165, 1.54) is 24.3 Å². The number of carbonyl (C=O) groups excluding carboxylic acids is 1. The molecular weight excluding hydrogens is 432 g/mol. The molecule has 0 aromatic heterocycles. The van der Waals surface area contributed by atoms with Crippen LogP contribution >= 0.6 is 31.9 Å². The number of nitrogens with zero attached hydrogens (tertiary/aromatic N) is 1. The molecule has 0 aliphatic heterocycles. The van der Waals surface area contributed by atoms with Gasteiger partial charge in [0, 0.05) is 23.9 Å². The fourth-order valence-corrected chi connectivity index (χ4v) is 2.92. The Morgan fingerprint density at radius 1 is 1.22 bits per heavy atom. The second kappa shape index (κ2) is 7.38. The fraction of sp³-hybridized carbons (Fsp3) is 0. The summed E-state index contributed by atoms with van der Waals surface area (Å²) in [6, 6.07) is 9.06. The molecule has 0 heterocycles. The lowest BCUT2D eigenvalue weighted by Crippen LogP contribution is -2.07. The molecule has 1 amide bonds. The van der Waals surface area contributed by atoms with Gasteiger partial charge in [0.15, 0.2) is 0 Å². The predicted octanol–water partition coefficient (Wildman–Crippen LogP) is 4.48. The Balaban J connectivity index is 2.10. The van der Waals surface area contributed by atoms with E-state index in [0.29, 0.717) is 20.2 Å². The summed E-state index contributed by atoms with van der Waals surface area (Å²) in [7, 11) is 0. The van der Waals surface area contributed by atoms with Crippen molar-refractivity contribution in [2.24, 2.45) is 0 Å². The standard InChI is InChI=1S/C15H10Br2N2O4/c16-12-7-10(8-13(17)15(12)21)18-14(20)5-4-9-2-1-3-11(6-9)19(22)23/h1-8,21H,(H,18,20)/b5-4+. The number of anilines is 1. The molecule has 0 aliphatic rings. The third kappa shape index (κ3) is 4.64. The minimum Gasteiger partial charge on any atom is -0.506 e. The van der Waals surface area contributed by atoms with Gasteiger partial charge in [-0.2, -0.15) is 0 Å². The van der Waals surface area contributed by atoms with Crippen LogP contribution in [0.2, 0.25) is 0 Å². The number of hydrogen-bond donors (Lipinski definition) is 2. The number of phenols is 1. The molecule has 8 heteroatoms. The van der Waals surface area contributed by atoms with Crippen LogP contribution in [0.15, 0.2) is 51.4 Å². The van der Waals surface area contributed by atoms with Crippen LogP contribution in [0.3, 0.4) is 0 Å². The zero-order valence-corrected chi connectivity index (χ0v) is 14.7. The molecule has 6 nitrogen and oxygen atoms in total. The van der Waals surface area contributed by atoms with Crippen LogP contribution in [-0.2, 0) is 4.79 Å². The summed E-state index contributed by atoms with van der Waals surface area (Å²) in [5.41, 5.74) is 0.983. The first-order chi connectivity index (χ1) is 10.9. The molecule has 0 radical (unpaired) electrons. The lowest BCUT2D eigenvalue weighted by atomic mass is 10.2.